The van der Waals surface area contributed by atoms with Crippen LogP contribution in [0.1, 0.15) is 5.56 Å². The van der Waals surface area contributed by atoms with E-state index in [1.54, 1.807) is 7.11 Å². The molecule has 0 bridgehead atoms. The molecule has 1 aliphatic heterocycles. The van der Waals surface area contributed by atoms with Crippen molar-refractivity contribution in [2.45, 2.75) is 6.54 Å². The quantitative estimate of drug-likeness (QED) is 0.709. The summed E-state index contributed by atoms with van der Waals surface area (Å²) in [6.07, 6.45) is 4.12. The van der Waals surface area contributed by atoms with Crippen LogP contribution in [-0.2, 0) is 6.54 Å². The molecule has 5 heteroatoms. The molecule has 0 atom stereocenters. The minimum atomic E-state index is 0.808. The van der Waals surface area contributed by atoms with E-state index < -0.39 is 0 Å². The van der Waals surface area contributed by atoms with Gasteiger partial charge in [0.15, 0.2) is 0 Å². The molecule has 5 nitrogen and oxygen atoms in total. The zero-order chi connectivity index (χ0) is 17.8. The highest BCUT2D eigenvalue weighted by Gasteiger charge is 2.20. The van der Waals surface area contributed by atoms with Gasteiger partial charge in [0.2, 0.25) is 0 Å². The molecule has 4 rings (SSSR count). The number of rotatable bonds is 5. The summed E-state index contributed by atoms with van der Waals surface area (Å²) < 4.78 is 7.51. The number of piperazine rings is 1. The fourth-order valence-corrected chi connectivity index (χ4v) is 3.47. The fraction of sp³-hybridized carbons (Fsp3) is 0.286. The Labute approximate surface area is 154 Å². The Balaban J connectivity index is 1.39. The third-order valence-corrected chi connectivity index (χ3v) is 4.88. The summed E-state index contributed by atoms with van der Waals surface area (Å²) in [5.74, 6) is 0.941. The largest absolute Gasteiger partial charge is 0.495 e. The lowest BCUT2D eigenvalue weighted by Gasteiger charge is -2.37. The van der Waals surface area contributed by atoms with Gasteiger partial charge in [-0.3, -0.25) is 4.68 Å². The molecule has 3 aromatic rings. The highest BCUT2D eigenvalue weighted by Crippen LogP contribution is 2.29. The van der Waals surface area contributed by atoms with E-state index in [0.717, 1.165) is 38.5 Å². The number of aromatic nitrogens is 2. The van der Waals surface area contributed by atoms with Crippen molar-refractivity contribution in [2.24, 2.45) is 0 Å². The van der Waals surface area contributed by atoms with Crippen LogP contribution in [0.25, 0.3) is 0 Å². The Morgan fingerprint density at radius 3 is 2.35 bits per heavy atom. The van der Waals surface area contributed by atoms with Crippen molar-refractivity contribution in [3.63, 3.8) is 0 Å². The van der Waals surface area contributed by atoms with Crippen LogP contribution < -0.4 is 14.5 Å². The second-order valence-electron chi connectivity index (χ2n) is 6.53. The summed E-state index contributed by atoms with van der Waals surface area (Å²) in [4.78, 5) is 4.80. The van der Waals surface area contributed by atoms with Crippen molar-refractivity contribution in [3.05, 3.63) is 72.6 Å². The topological polar surface area (TPSA) is 33.5 Å². The first-order valence-electron chi connectivity index (χ1n) is 9.03. The predicted molar refractivity (Wildman–Crippen MR) is 105 cm³/mol. The number of hydrogen-bond donors (Lipinski definition) is 0. The molecule has 0 unspecified atom stereocenters. The summed E-state index contributed by atoms with van der Waals surface area (Å²) >= 11 is 0. The molecule has 1 aromatic heterocycles. The summed E-state index contributed by atoms with van der Waals surface area (Å²) in [5.41, 5.74) is 3.64. The average Bonchev–Trinajstić information content (AvgIpc) is 3.17. The maximum atomic E-state index is 5.50. The molecule has 2 aromatic carbocycles. The minimum Gasteiger partial charge on any atom is -0.495 e. The lowest BCUT2D eigenvalue weighted by atomic mass is 10.2. The van der Waals surface area contributed by atoms with Crippen molar-refractivity contribution in [1.82, 2.24) is 9.78 Å². The molecule has 1 saturated heterocycles. The fourth-order valence-electron chi connectivity index (χ4n) is 3.47. The van der Waals surface area contributed by atoms with Crippen LogP contribution in [0.3, 0.4) is 0 Å². The molecule has 0 amide bonds. The van der Waals surface area contributed by atoms with E-state index in [4.69, 9.17) is 4.74 Å². The van der Waals surface area contributed by atoms with Gasteiger partial charge in [-0.15, -0.1) is 0 Å². The summed E-state index contributed by atoms with van der Waals surface area (Å²) in [7, 11) is 1.73. The van der Waals surface area contributed by atoms with E-state index in [1.165, 1.54) is 16.9 Å². The summed E-state index contributed by atoms with van der Waals surface area (Å²) in [5, 5.41) is 4.53. The summed E-state index contributed by atoms with van der Waals surface area (Å²) in [6, 6.07) is 18.7. The Morgan fingerprint density at radius 1 is 0.885 bits per heavy atom. The van der Waals surface area contributed by atoms with E-state index in [9.17, 15) is 0 Å². The lowest BCUT2D eigenvalue weighted by molar-refractivity contribution is 0.413. The Bertz CT molecular complexity index is 838. The van der Waals surface area contributed by atoms with Gasteiger partial charge in [0, 0.05) is 32.4 Å². The van der Waals surface area contributed by atoms with Crippen molar-refractivity contribution in [1.29, 1.82) is 0 Å². The SMILES string of the molecule is COc1ccccc1N1CCN(c2cnn(Cc3ccccc3)c2)CC1. The molecule has 1 aliphatic rings. The van der Waals surface area contributed by atoms with Crippen molar-refractivity contribution in [2.75, 3.05) is 43.1 Å². The van der Waals surface area contributed by atoms with Crippen LogP contribution >= 0.6 is 0 Å². The maximum Gasteiger partial charge on any atom is 0.142 e. The van der Waals surface area contributed by atoms with Crippen LogP contribution in [0.2, 0.25) is 0 Å². The molecule has 0 saturated carbocycles. The zero-order valence-electron chi connectivity index (χ0n) is 15.1. The summed E-state index contributed by atoms with van der Waals surface area (Å²) in [6.45, 7) is 4.72. The van der Waals surface area contributed by atoms with Gasteiger partial charge in [0.1, 0.15) is 5.75 Å². The van der Waals surface area contributed by atoms with E-state index in [0.29, 0.717) is 0 Å². The Morgan fingerprint density at radius 2 is 1.58 bits per heavy atom. The number of hydrogen-bond acceptors (Lipinski definition) is 4. The highest BCUT2D eigenvalue weighted by atomic mass is 16.5. The maximum absolute atomic E-state index is 5.50. The van der Waals surface area contributed by atoms with Crippen LogP contribution in [0.4, 0.5) is 11.4 Å². The second kappa shape index (κ2) is 7.52. The van der Waals surface area contributed by atoms with Gasteiger partial charge < -0.3 is 14.5 Å². The van der Waals surface area contributed by atoms with Gasteiger partial charge in [-0.2, -0.15) is 5.10 Å². The number of ether oxygens (including phenoxy) is 1. The average molecular weight is 348 g/mol. The number of benzene rings is 2. The minimum absolute atomic E-state index is 0.808. The van der Waals surface area contributed by atoms with Crippen molar-refractivity contribution >= 4 is 11.4 Å². The van der Waals surface area contributed by atoms with E-state index in [1.807, 2.05) is 29.1 Å². The first-order chi connectivity index (χ1) is 12.8. The first kappa shape index (κ1) is 16.5. The molecule has 0 N–H and O–H groups in total. The monoisotopic (exact) mass is 348 g/mol. The molecular formula is C21H24N4O. The third-order valence-electron chi connectivity index (χ3n) is 4.88. The van der Waals surface area contributed by atoms with E-state index in [-0.39, 0.29) is 0 Å². The van der Waals surface area contributed by atoms with Crippen LogP contribution in [0.15, 0.2) is 67.0 Å². The zero-order valence-corrected chi connectivity index (χ0v) is 15.1. The van der Waals surface area contributed by atoms with Crippen LogP contribution in [0.5, 0.6) is 5.75 Å². The van der Waals surface area contributed by atoms with Gasteiger partial charge in [0.25, 0.3) is 0 Å². The Hall–Kier alpha value is -2.95. The molecule has 26 heavy (non-hydrogen) atoms. The van der Waals surface area contributed by atoms with Gasteiger partial charge in [-0.05, 0) is 17.7 Å². The number of para-hydroxylation sites is 2. The number of nitrogens with zero attached hydrogens (tertiary/aromatic N) is 4. The second-order valence-corrected chi connectivity index (χ2v) is 6.53. The van der Waals surface area contributed by atoms with Gasteiger partial charge in [-0.1, -0.05) is 42.5 Å². The Kier molecular flexibility index (Phi) is 4.78. The van der Waals surface area contributed by atoms with Gasteiger partial charge in [-0.25, -0.2) is 0 Å². The molecule has 134 valence electrons. The van der Waals surface area contributed by atoms with Gasteiger partial charge in [0.05, 0.1) is 31.2 Å². The first-order valence-corrected chi connectivity index (χ1v) is 9.03. The number of methoxy groups -OCH3 is 1. The highest BCUT2D eigenvalue weighted by molar-refractivity contribution is 5.59. The van der Waals surface area contributed by atoms with E-state index >= 15 is 0 Å². The molecular weight excluding hydrogens is 324 g/mol. The van der Waals surface area contributed by atoms with Crippen molar-refractivity contribution < 1.29 is 4.74 Å². The predicted octanol–water partition coefficient (Wildman–Crippen LogP) is 3.27. The van der Waals surface area contributed by atoms with Crippen LogP contribution in [0, 0.1) is 0 Å². The third kappa shape index (κ3) is 3.52. The standard InChI is InChI=1S/C21H24N4O/c1-26-21-10-6-5-9-20(21)24-13-11-23(12-14-24)19-15-22-25(17-19)16-18-7-3-2-4-8-18/h2-10,15,17H,11-14,16H2,1H3. The molecule has 2 heterocycles. The normalized spacial score (nSPS) is 14.5. The van der Waals surface area contributed by atoms with E-state index in [2.05, 4.69) is 57.5 Å². The molecule has 0 radical (unpaired) electrons. The number of anilines is 2. The van der Waals surface area contributed by atoms with Gasteiger partial charge >= 0.3 is 0 Å². The van der Waals surface area contributed by atoms with Crippen LogP contribution in [-0.4, -0.2) is 43.1 Å². The molecule has 1 fully saturated rings. The lowest BCUT2D eigenvalue weighted by Crippen LogP contribution is -2.46. The van der Waals surface area contributed by atoms with Crippen molar-refractivity contribution in [3.8, 4) is 5.75 Å². The smallest absolute Gasteiger partial charge is 0.142 e. The molecule has 0 spiro atoms. The molecule has 0 aliphatic carbocycles.